The van der Waals surface area contributed by atoms with E-state index in [4.69, 9.17) is 5.73 Å². The highest BCUT2D eigenvalue weighted by Gasteiger charge is 2.17. The van der Waals surface area contributed by atoms with E-state index in [2.05, 4.69) is 62.1 Å². The third-order valence-corrected chi connectivity index (χ3v) is 8.63. The fraction of sp³-hybridized carbons (Fsp3) is 0.212. The first-order valence-corrected chi connectivity index (χ1v) is 14.7. The summed E-state index contributed by atoms with van der Waals surface area (Å²) in [4.78, 5) is 22.0. The molecule has 2 amide bonds. The number of aryl methyl sites for hydroxylation is 1. The molecule has 3 aromatic carbocycles. The maximum absolute atomic E-state index is 12.5. The predicted molar refractivity (Wildman–Crippen MR) is 171 cm³/mol. The molecule has 5 aromatic rings. The van der Waals surface area contributed by atoms with Crippen molar-refractivity contribution in [1.82, 2.24) is 14.8 Å². The van der Waals surface area contributed by atoms with Crippen LogP contribution in [0.4, 0.5) is 22.0 Å². The van der Waals surface area contributed by atoms with Gasteiger partial charge in [-0.1, -0.05) is 48.5 Å². The Labute approximate surface area is 244 Å². The molecular weight excluding hydrogens is 528 g/mol. The lowest BCUT2D eigenvalue weighted by atomic mass is 10.0. The first-order chi connectivity index (χ1) is 19.9. The Kier molecular flexibility index (Phi) is 7.69. The van der Waals surface area contributed by atoms with Gasteiger partial charge in [0.1, 0.15) is 5.82 Å². The van der Waals surface area contributed by atoms with Crippen LogP contribution in [0.15, 0.2) is 84.4 Å². The molecule has 2 aromatic heterocycles. The molecule has 7 nitrogen and oxygen atoms in total. The number of hydrogen-bond acceptors (Lipinski definition) is 6. The molecule has 6 rings (SSSR count). The van der Waals surface area contributed by atoms with Crippen LogP contribution in [-0.2, 0) is 6.54 Å². The predicted octanol–water partition coefficient (Wildman–Crippen LogP) is 6.91. The van der Waals surface area contributed by atoms with Crippen LogP contribution < -0.4 is 16.4 Å². The summed E-state index contributed by atoms with van der Waals surface area (Å²) < 4.78 is 1.12. The number of aromatic nitrogens is 1. The van der Waals surface area contributed by atoms with Gasteiger partial charge in [0.15, 0.2) is 0 Å². The Hall–Kier alpha value is -4.24. The van der Waals surface area contributed by atoms with E-state index in [9.17, 15) is 4.79 Å². The number of likely N-dealkylation sites (N-methyl/N-ethyl adjacent to an activating group) is 1. The van der Waals surface area contributed by atoms with Crippen molar-refractivity contribution in [2.24, 2.45) is 0 Å². The van der Waals surface area contributed by atoms with Crippen molar-refractivity contribution in [3.8, 4) is 22.3 Å². The lowest BCUT2D eigenvalue weighted by Gasteiger charge is -2.32. The minimum Gasteiger partial charge on any atom is -0.383 e. The maximum atomic E-state index is 12.5. The fourth-order valence-corrected chi connectivity index (χ4v) is 6.41. The van der Waals surface area contributed by atoms with Crippen molar-refractivity contribution in [3.63, 3.8) is 0 Å². The number of thiophene rings is 1. The molecular formula is C33H34N6OS. The second-order valence-corrected chi connectivity index (χ2v) is 11.6. The van der Waals surface area contributed by atoms with Gasteiger partial charge in [0, 0.05) is 71.5 Å². The number of urea groups is 1. The Morgan fingerprint density at radius 1 is 0.902 bits per heavy atom. The molecule has 8 heteroatoms. The van der Waals surface area contributed by atoms with Crippen LogP contribution in [0.2, 0.25) is 0 Å². The number of pyridine rings is 1. The van der Waals surface area contributed by atoms with Gasteiger partial charge >= 0.3 is 6.03 Å². The van der Waals surface area contributed by atoms with Gasteiger partial charge in [-0.05, 0) is 65.9 Å². The number of carbonyl (C=O) groups is 1. The van der Waals surface area contributed by atoms with Crippen molar-refractivity contribution in [2.45, 2.75) is 13.5 Å². The number of anilines is 3. The fourth-order valence-electron chi connectivity index (χ4n) is 5.29. The maximum Gasteiger partial charge on any atom is 0.323 e. The smallest absolute Gasteiger partial charge is 0.323 e. The number of fused-ring (bicyclic) bond motifs is 1. The van der Waals surface area contributed by atoms with Gasteiger partial charge in [0.25, 0.3) is 0 Å². The SMILES string of the molecule is Cc1cccc(NC(=O)Nc2ccc(-c3csc4c(-c5ccc(CN6CCN(C)CC6)cc5)cnc(N)c34)cc2)c1. The van der Waals surface area contributed by atoms with Gasteiger partial charge < -0.3 is 21.3 Å². The summed E-state index contributed by atoms with van der Waals surface area (Å²) in [5, 5.41) is 8.88. The average molecular weight is 563 g/mol. The van der Waals surface area contributed by atoms with E-state index >= 15 is 0 Å². The highest BCUT2D eigenvalue weighted by Crippen LogP contribution is 2.42. The number of nitrogen functional groups attached to an aromatic ring is 1. The summed E-state index contributed by atoms with van der Waals surface area (Å²) in [6, 6.07) is 24.1. The lowest BCUT2D eigenvalue weighted by Crippen LogP contribution is -2.43. The van der Waals surface area contributed by atoms with Crippen molar-refractivity contribution < 1.29 is 4.79 Å². The summed E-state index contributed by atoms with van der Waals surface area (Å²) >= 11 is 1.68. The third kappa shape index (κ3) is 6.10. The molecule has 4 N–H and O–H groups in total. The van der Waals surface area contributed by atoms with Crippen LogP contribution in [0.5, 0.6) is 0 Å². The van der Waals surface area contributed by atoms with Gasteiger partial charge in [0.2, 0.25) is 0 Å². The first kappa shape index (κ1) is 27.0. The van der Waals surface area contributed by atoms with Crippen molar-refractivity contribution in [1.29, 1.82) is 0 Å². The number of benzene rings is 3. The van der Waals surface area contributed by atoms with Crippen LogP contribution in [0, 0.1) is 6.92 Å². The Bertz CT molecular complexity index is 1670. The van der Waals surface area contributed by atoms with E-state index in [-0.39, 0.29) is 6.03 Å². The van der Waals surface area contributed by atoms with Gasteiger partial charge in [0.05, 0.1) is 0 Å². The van der Waals surface area contributed by atoms with Gasteiger partial charge in [-0.15, -0.1) is 11.3 Å². The highest BCUT2D eigenvalue weighted by atomic mass is 32.1. The lowest BCUT2D eigenvalue weighted by molar-refractivity contribution is 0.148. The van der Waals surface area contributed by atoms with Crippen LogP contribution in [0.1, 0.15) is 11.1 Å². The largest absolute Gasteiger partial charge is 0.383 e. The molecule has 1 aliphatic heterocycles. The van der Waals surface area contributed by atoms with E-state index in [0.29, 0.717) is 11.5 Å². The second-order valence-electron chi connectivity index (χ2n) is 10.7. The number of nitrogens with two attached hydrogens (primary N) is 1. The standard InChI is InChI=1S/C33H34N6OS/c1-22-4-3-5-27(18-22)37-33(40)36-26-12-10-25(11-13-26)29-21-41-31-28(19-35-32(34)30(29)31)24-8-6-23(7-9-24)20-39-16-14-38(2)15-17-39/h3-13,18-19,21H,14-17,20H2,1-2H3,(H2,34,35)(H2,36,37,40). The molecule has 3 heterocycles. The average Bonchev–Trinajstić information content (AvgIpc) is 3.42. The van der Waals surface area contributed by atoms with Crippen molar-refractivity contribution in [3.05, 3.63) is 95.5 Å². The van der Waals surface area contributed by atoms with Crippen LogP contribution in [-0.4, -0.2) is 54.0 Å². The number of hydrogen-bond donors (Lipinski definition) is 3. The number of nitrogens with one attached hydrogen (secondary N) is 2. The molecule has 0 radical (unpaired) electrons. The molecule has 0 saturated carbocycles. The van der Waals surface area contributed by atoms with Crippen LogP contribution in [0.3, 0.4) is 0 Å². The zero-order valence-corrected chi connectivity index (χ0v) is 24.2. The number of carbonyl (C=O) groups excluding carboxylic acids is 1. The normalized spacial score (nSPS) is 14.3. The molecule has 41 heavy (non-hydrogen) atoms. The monoisotopic (exact) mass is 562 g/mol. The summed E-state index contributed by atoms with van der Waals surface area (Å²) in [5.74, 6) is 0.520. The molecule has 0 aliphatic carbocycles. The van der Waals surface area contributed by atoms with E-state index in [1.165, 1.54) is 5.56 Å². The Morgan fingerprint density at radius 2 is 1.59 bits per heavy atom. The van der Waals surface area contributed by atoms with Crippen LogP contribution >= 0.6 is 11.3 Å². The van der Waals surface area contributed by atoms with E-state index in [0.717, 1.165) is 76.3 Å². The van der Waals surface area contributed by atoms with E-state index in [1.54, 1.807) is 11.3 Å². The zero-order valence-electron chi connectivity index (χ0n) is 23.4. The Morgan fingerprint density at radius 3 is 2.32 bits per heavy atom. The topological polar surface area (TPSA) is 86.5 Å². The minimum atomic E-state index is -0.281. The Balaban J connectivity index is 1.19. The molecule has 1 aliphatic rings. The summed E-state index contributed by atoms with van der Waals surface area (Å²) in [7, 11) is 2.19. The number of piperazine rings is 1. The summed E-state index contributed by atoms with van der Waals surface area (Å²) in [6.45, 7) is 7.43. The summed E-state index contributed by atoms with van der Waals surface area (Å²) in [5.41, 5.74) is 14.6. The van der Waals surface area contributed by atoms with Gasteiger partial charge in [-0.25, -0.2) is 9.78 Å². The van der Waals surface area contributed by atoms with Crippen molar-refractivity contribution >= 4 is 44.6 Å². The van der Waals surface area contributed by atoms with Gasteiger partial charge in [-0.3, -0.25) is 4.90 Å². The third-order valence-electron chi connectivity index (χ3n) is 7.62. The van der Waals surface area contributed by atoms with E-state index in [1.807, 2.05) is 61.7 Å². The van der Waals surface area contributed by atoms with Crippen molar-refractivity contribution in [2.75, 3.05) is 49.6 Å². The highest BCUT2D eigenvalue weighted by molar-refractivity contribution is 7.18. The molecule has 1 fully saturated rings. The van der Waals surface area contributed by atoms with Gasteiger partial charge in [-0.2, -0.15) is 0 Å². The minimum absolute atomic E-state index is 0.281. The molecule has 0 atom stereocenters. The quantitative estimate of drug-likeness (QED) is 0.209. The zero-order chi connectivity index (χ0) is 28.3. The van der Waals surface area contributed by atoms with E-state index < -0.39 is 0 Å². The van der Waals surface area contributed by atoms with Crippen LogP contribution in [0.25, 0.3) is 32.3 Å². The molecule has 0 spiro atoms. The molecule has 0 unspecified atom stereocenters. The molecule has 0 bridgehead atoms. The molecule has 208 valence electrons. The number of nitrogens with zero attached hydrogens (tertiary/aromatic N) is 3. The number of amides is 2. The second kappa shape index (κ2) is 11.7. The first-order valence-electron chi connectivity index (χ1n) is 13.8. The molecule has 1 saturated heterocycles. The number of rotatable bonds is 6. The summed E-state index contributed by atoms with van der Waals surface area (Å²) in [6.07, 6.45) is 1.88.